The topological polar surface area (TPSA) is 29.9 Å². The third-order valence-corrected chi connectivity index (χ3v) is 3.91. The van der Waals surface area contributed by atoms with Crippen LogP contribution < -0.4 is 5.32 Å². The predicted molar refractivity (Wildman–Crippen MR) is 74.7 cm³/mol. The number of fused-ring (bicyclic) bond motifs is 1. The van der Waals surface area contributed by atoms with E-state index in [9.17, 15) is 0 Å². The van der Waals surface area contributed by atoms with Crippen molar-refractivity contribution in [1.82, 2.24) is 15.1 Å². The molecule has 1 saturated heterocycles. The fourth-order valence-electron chi connectivity index (χ4n) is 2.96. The van der Waals surface area contributed by atoms with Gasteiger partial charge in [-0.2, -0.15) is 5.10 Å². The van der Waals surface area contributed by atoms with Crippen LogP contribution in [0.5, 0.6) is 0 Å². The van der Waals surface area contributed by atoms with Gasteiger partial charge in [0.2, 0.25) is 0 Å². The monoisotopic (exact) mass is 243 g/mol. The molecule has 1 aliphatic rings. The molecule has 96 valence electrons. The minimum absolute atomic E-state index is 0.752. The van der Waals surface area contributed by atoms with Gasteiger partial charge in [0.05, 0.1) is 11.2 Å². The van der Waals surface area contributed by atoms with Crippen molar-refractivity contribution in [3.63, 3.8) is 0 Å². The third-order valence-electron chi connectivity index (χ3n) is 3.91. The van der Waals surface area contributed by atoms with E-state index in [1.54, 1.807) is 0 Å². The molecular formula is C15H21N3. The first-order valence-electron chi connectivity index (χ1n) is 7.03. The number of hydrogen-bond acceptors (Lipinski definition) is 2. The molecule has 1 N–H and O–H groups in total. The van der Waals surface area contributed by atoms with E-state index in [2.05, 4.69) is 41.2 Å². The molecule has 2 heterocycles. The molecule has 1 aromatic heterocycles. The van der Waals surface area contributed by atoms with Gasteiger partial charge in [-0.05, 0) is 51.3 Å². The minimum atomic E-state index is 0.752. The Bertz CT molecular complexity index is 524. The molecule has 1 unspecified atom stereocenters. The van der Waals surface area contributed by atoms with Crippen molar-refractivity contribution in [2.75, 3.05) is 13.1 Å². The fraction of sp³-hybridized carbons (Fsp3) is 0.533. The molecule has 18 heavy (non-hydrogen) atoms. The molecule has 3 rings (SSSR count). The fourth-order valence-corrected chi connectivity index (χ4v) is 2.96. The van der Waals surface area contributed by atoms with Gasteiger partial charge >= 0.3 is 0 Å². The highest BCUT2D eigenvalue weighted by molar-refractivity contribution is 5.81. The summed E-state index contributed by atoms with van der Waals surface area (Å²) in [5.41, 5.74) is 2.56. The Kier molecular flexibility index (Phi) is 3.33. The molecule has 1 aliphatic heterocycles. The number of aryl methyl sites for hydroxylation is 1. The first kappa shape index (κ1) is 11.7. The molecule has 0 amide bonds. The standard InChI is InChI=1S/C15H21N3/c1-2-18-15-8-4-3-7-13(15)14(17-18)10-12-6-5-9-16-11-12/h3-4,7-8,12,16H,2,5-6,9-11H2,1H3. The number of benzene rings is 1. The zero-order valence-corrected chi connectivity index (χ0v) is 11.0. The lowest BCUT2D eigenvalue weighted by molar-refractivity contribution is 0.373. The third kappa shape index (κ3) is 2.15. The van der Waals surface area contributed by atoms with Crippen LogP contribution in [-0.2, 0) is 13.0 Å². The number of nitrogens with one attached hydrogen (secondary N) is 1. The Labute approximate surface area is 108 Å². The lowest BCUT2D eigenvalue weighted by Gasteiger charge is -2.21. The minimum Gasteiger partial charge on any atom is -0.316 e. The van der Waals surface area contributed by atoms with E-state index in [0.717, 1.165) is 25.4 Å². The number of aromatic nitrogens is 2. The second-order valence-corrected chi connectivity index (χ2v) is 5.20. The van der Waals surface area contributed by atoms with Crippen LogP contribution in [0.2, 0.25) is 0 Å². The van der Waals surface area contributed by atoms with Crippen molar-refractivity contribution >= 4 is 10.9 Å². The van der Waals surface area contributed by atoms with E-state index in [1.165, 1.54) is 36.0 Å². The Balaban J connectivity index is 1.91. The van der Waals surface area contributed by atoms with Crippen molar-refractivity contribution in [2.24, 2.45) is 5.92 Å². The van der Waals surface area contributed by atoms with Crippen molar-refractivity contribution in [1.29, 1.82) is 0 Å². The van der Waals surface area contributed by atoms with E-state index >= 15 is 0 Å². The van der Waals surface area contributed by atoms with Crippen LogP contribution >= 0.6 is 0 Å². The maximum Gasteiger partial charge on any atom is 0.0706 e. The summed E-state index contributed by atoms with van der Waals surface area (Å²) in [6.45, 7) is 5.43. The zero-order valence-electron chi connectivity index (χ0n) is 11.0. The number of nitrogens with zero attached hydrogens (tertiary/aromatic N) is 2. The van der Waals surface area contributed by atoms with E-state index in [4.69, 9.17) is 5.10 Å². The molecule has 1 aromatic carbocycles. The van der Waals surface area contributed by atoms with Gasteiger partial charge in [0.25, 0.3) is 0 Å². The molecule has 1 atom stereocenters. The predicted octanol–water partition coefficient (Wildman–Crippen LogP) is 2.60. The van der Waals surface area contributed by atoms with E-state index in [1.807, 2.05) is 0 Å². The molecule has 0 aliphatic carbocycles. The largest absolute Gasteiger partial charge is 0.316 e. The summed E-state index contributed by atoms with van der Waals surface area (Å²) < 4.78 is 2.13. The van der Waals surface area contributed by atoms with Gasteiger partial charge in [-0.3, -0.25) is 4.68 Å². The second-order valence-electron chi connectivity index (χ2n) is 5.20. The number of piperidine rings is 1. The normalized spacial score (nSPS) is 20.4. The summed E-state index contributed by atoms with van der Waals surface area (Å²) in [7, 11) is 0. The molecule has 1 fully saturated rings. The Morgan fingerprint density at radius 3 is 3.06 bits per heavy atom. The first-order valence-corrected chi connectivity index (χ1v) is 7.03. The van der Waals surface area contributed by atoms with Crippen LogP contribution in [-0.4, -0.2) is 22.9 Å². The first-order chi connectivity index (χ1) is 8.88. The number of rotatable bonds is 3. The Morgan fingerprint density at radius 2 is 2.28 bits per heavy atom. The number of hydrogen-bond donors (Lipinski definition) is 1. The zero-order chi connectivity index (χ0) is 12.4. The van der Waals surface area contributed by atoms with E-state index < -0.39 is 0 Å². The summed E-state index contributed by atoms with van der Waals surface area (Å²) in [5.74, 6) is 0.752. The summed E-state index contributed by atoms with van der Waals surface area (Å²) in [6, 6.07) is 8.60. The lowest BCUT2D eigenvalue weighted by Crippen LogP contribution is -2.31. The highest BCUT2D eigenvalue weighted by Gasteiger charge is 2.17. The van der Waals surface area contributed by atoms with Crippen LogP contribution in [0.1, 0.15) is 25.5 Å². The molecule has 0 bridgehead atoms. The van der Waals surface area contributed by atoms with Crippen LogP contribution in [0.3, 0.4) is 0 Å². The van der Waals surface area contributed by atoms with Crippen molar-refractivity contribution in [3.8, 4) is 0 Å². The van der Waals surface area contributed by atoms with Crippen molar-refractivity contribution < 1.29 is 0 Å². The summed E-state index contributed by atoms with van der Waals surface area (Å²) in [6.07, 6.45) is 3.75. The van der Waals surface area contributed by atoms with Gasteiger partial charge in [-0.1, -0.05) is 18.2 Å². The Morgan fingerprint density at radius 1 is 1.39 bits per heavy atom. The molecular weight excluding hydrogens is 222 g/mol. The van der Waals surface area contributed by atoms with E-state index in [0.29, 0.717) is 0 Å². The molecule has 0 spiro atoms. The average molecular weight is 243 g/mol. The Hall–Kier alpha value is -1.35. The molecule has 3 nitrogen and oxygen atoms in total. The van der Waals surface area contributed by atoms with Crippen LogP contribution in [0.25, 0.3) is 10.9 Å². The maximum absolute atomic E-state index is 4.79. The van der Waals surface area contributed by atoms with Crippen molar-refractivity contribution in [2.45, 2.75) is 32.7 Å². The van der Waals surface area contributed by atoms with E-state index in [-0.39, 0.29) is 0 Å². The van der Waals surface area contributed by atoms with Gasteiger partial charge in [-0.25, -0.2) is 0 Å². The van der Waals surface area contributed by atoms with Crippen LogP contribution in [0, 0.1) is 5.92 Å². The quantitative estimate of drug-likeness (QED) is 0.898. The molecule has 2 aromatic rings. The smallest absolute Gasteiger partial charge is 0.0706 e. The maximum atomic E-state index is 4.79. The molecule has 3 heteroatoms. The summed E-state index contributed by atoms with van der Waals surface area (Å²) in [4.78, 5) is 0. The van der Waals surface area contributed by atoms with Crippen LogP contribution in [0.4, 0.5) is 0 Å². The number of para-hydroxylation sites is 1. The van der Waals surface area contributed by atoms with Gasteiger partial charge in [-0.15, -0.1) is 0 Å². The summed E-state index contributed by atoms with van der Waals surface area (Å²) >= 11 is 0. The van der Waals surface area contributed by atoms with Gasteiger partial charge in [0.1, 0.15) is 0 Å². The SMILES string of the molecule is CCn1nc(CC2CCCNC2)c2ccccc21. The van der Waals surface area contributed by atoms with Crippen LogP contribution in [0.15, 0.2) is 24.3 Å². The average Bonchev–Trinajstić information content (AvgIpc) is 2.78. The molecule has 0 saturated carbocycles. The molecule has 0 radical (unpaired) electrons. The summed E-state index contributed by atoms with van der Waals surface area (Å²) in [5, 5.41) is 9.62. The lowest BCUT2D eigenvalue weighted by atomic mass is 9.94. The van der Waals surface area contributed by atoms with Gasteiger partial charge in [0, 0.05) is 11.9 Å². The highest BCUT2D eigenvalue weighted by atomic mass is 15.3. The second kappa shape index (κ2) is 5.11. The van der Waals surface area contributed by atoms with Gasteiger partial charge < -0.3 is 5.32 Å². The van der Waals surface area contributed by atoms with Gasteiger partial charge in [0.15, 0.2) is 0 Å². The van der Waals surface area contributed by atoms with Crippen molar-refractivity contribution in [3.05, 3.63) is 30.0 Å². The highest BCUT2D eigenvalue weighted by Crippen LogP contribution is 2.23.